The second-order valence-electron chi connectivity index (χ2n) is 5.87. The maximum atomic E-state index is 11.1. The average molecular weight is 354 g/mol. The van der Waals surface area contributed by atoms with Crippen LogP contribution in [0.1, 0.15) is 19.5 Å². The second-order valence-corrected chi connectivity index (χ2v) is 5.87. The Morgan fingerprint density at radius 3 is 2.73 bits per heavy atom. The fraction of sp³-hybridized carbons (Fsp3) is 0.222. The Balaban J connectivity index is 2.07. The number of hydrogen-bond donors (Lipinski definition) is 2. The first kappa shape index (κ1) is 17.4. The van der Waals surface area contributed by atoms with Crippen LogP contribution in [0.25, 0.3) is 5.65 Å². The van der Waals surface area contributed by atoms with Crippen LogP contribution in [-0.2, 0) is 11.2 Å². The van der Waals surface area contributed by atoms with Gasteiger partial charge in [0.2, 0.25) is 0 Å². The number of aliphatic carboxylic acids is 1. The van der Waals surface area contributed by atoms with Crippen molar-refractivity contribution < 1.29 is 19.7 Å². The van der Waals surface area contributed by atoms with Gasteiger partial charge < -0.3 is 14.9 Å². The van der Waals surface area contributed by atoms with Crippen molar-refractivity contribution in [2.45, 2.75) is 26.4 Å². The summed E-state index contributed by atoms with van der Waals surface area (Å²) in [4.78, 5) is 15.3. The van der Waals surface area contributed by atoms with E-state index < -0.39 is 5.97 Å². The number of imidazole rings is 1. The lowest BCUT2D eigenvalue weighted by Crippen LogP contribution is -2.05. The Labute approximate surface area is 149 Å². The first-order valence-corrected chi connectivity index (χ1v) is 8.04. The lowest BCUT2D eigenvalue weighted by atomic mass is 10.3. The molecule has 8 nitrogen and oxygen atoms in total. The van der Waals surface area contributed by atoms with Crippen LogP contribution in [0.4, 0.5) is 11.5 Å². The molecule has 8 heteroatoms. The molecule has 2 N–H and O–H groups in total. The van der Waals surface area contributed by atoms with Gasteiger partial charge in [0.25, 0.3) is 0 Å². The summed E-state index contributed by atoms with van der Waals surface area (Å²) in [5.74, 6) is -0.294. The molecule has 0 aliphatic carbocycles. The number of carboxylic acid groups (broad SMARTS) is 1. The molecular weight excluding hydrogens is 336 g/mol. The number of carboxylic acids is 1. The van der Waals surface area contributed by atoms with E-state index in [0.29, 0.717) is 11.4 Å². The van der Waals surface area contributed by atoms with Gasteiger partial charge in [-0.15, -0.1) is 10.2 Å². The highest BCUT2D eigenvalue weighted by Gasteiger charge is 2.17. The van der Waals surface area contributed by atoms with E-state index in [-0.39, 0.29) is 35.4 Å². The average Bonchev–Trinajstić information content (AvgIpc) is 2.92. The van der Waals surface area contributed by atoms with Gasteiger partial charge in [0.1, 0.15) is 11.4 Å². The molecule has 3 aromatic rings. The normalized spacial score (nSPS) is 11.5. The predicted molar refractivity (Wildman–Crippen MR) is 94.6 cm³/mol. The van der Waals surface area contributed by atoms with Gasteiger partial charge in [-0.1, -0.05) is 12.1 Å². The summed E-state index contributed by atoms with van der Waals surface area (Å²) < 4.78 is 7.21. The van der Waals surface area contributed by atoms with Crippen LogP contribution in [0.3, 0.4) is 0 Å². The van der Waals surface area contributed by atoms with E-state index in [1.807, 2.05) is 19.9 Å². The highest BCUT2D eigenvalue weighted by Crippen LogP contribution is 2.32. The van der Waals surface area contributed by atoms with Gasteiger partial charge in [-0.05, 0) is 38.1 Å². The number of pyridine rings is 1. The van der Waals surface area contributed by atoms with E-state index in [4.69, 9.17) is 9.84 Å². The first-order chi connectivity index (χ1) is 12.5. The second kappa shape index (κ2) is 7.22. The van der Waals surface area contributed by atoms with Crippen LogP contribution in [0.5, 0.6) is 11.5 Å². The minimum atomic E-state index is -1.05. The summed E-state index contributed by atoms with van der Waals surface area (Å²) >= 11 is 0. The molecule has 26 heavy (non-hydrogen) atoms. The van der Waals surface area contributed by atoms with Crippen molar-refractivity contribution in [3.8, 4) is 11.5 Å². The number of fused-ring (bicyclic) bond motifs is 1. The number of carbonyl (C=O) groups is 1. The molecule has 0 spiro atoms. The molecule has 2 aromatic heterocycles. The van der Waals surface area contributed by atoms with Crippen LogP contribution in [0.15, 0.2) is 52.8 Å². The molecule has 0 atom stereocenters. The molecule has 0 saturated carbocycles. The number of benzene rings is 1. The van der Waals surface area contributed by atoms with Crippen LogP contribution in [0.2, 0.25) is 0 Å². The lowest BCUT2D eigenvalue weighted by molar-refractivity contribution is -0.136. The zero-order chi connectivity index (χ0) is 18.7. The van der Waals surface area contributed by atoms with E-state index >= 15 is 0 Å². The molecule has 0 bridgehead atoms. The number of ether oxygens (including phenoxy) is 1. The van der Waals surface area contributed by atoms with Crippen LogP contribution in [0, 0.1) is 0 Å². The van der Waals surface area contributed by atoms with Gasteiger partial charge >= 0.3 is 5.97 Å². The zero-order valence-corrected chi connectivity index (χ0v) is 14.3. The number of azo groups is 1. The number of nitrogens with zero attached hydrogens (tertiary/aromatic N) is 4. The van der Waals surface area contributed by atoms with E-state index in [9.17, 15) is 9.90 Å². The summed E-state index contributed by atoms with van der Waals surface area (Å²) in [6.07, 6.45) is 1.28. The van der Waals surface area contributed by atoms with Crippen LogP contribution in [-0.4, -0.2) is 31.7 Å². The molecule has 0 aliphatic heterocycles. The van der Waals surface area contributed by atoms with Crippen LogP contribution < -0.4 is 4.74 Å². The van der Waals surface area contributed by atoms with Crippen molar-refractivity contribution >= 4 is 23.1 Å². The predicted octanol–water partition coefficient (Wildman–Crippen LogP) is 3.87. The minimum Gasteiger partial charge on any atom is -0.504 e. The fourth-order valence-corrected chi connectivity index (χ4v) is 2.45. The molecule has 0 unspecified atom stereocenters. The standard InChI is InChI=1S/C18H18N4O4/c1-11(2)26-15-8-4-3-6-12(15)20-21-17-13(10-16(24)25)19-18-14(23)7-5-9-22(17)18/h3-9,11,23H,10H2,1-2H3,(H,24,25). The van der Waals surface area contributed by atoms with E-state index in [1.165, 1.54) is 10.5 Å². The Hall–Kier alpha value is -3.42. The number of hydrogen-bond acceptors (Lipinski definition) is 6. The SMILES string of the molecule is CC(C)Oc1ccccc1N=Nc1c(CC(=O)O)nc2c(O)cccn12. The first-order valence-electron chi connectivity index (χ1n) is 8.04. The number of aromatic nitrogens is 2. The third kappa shape index (κ3) is 3.64. The van der Waals surface area contributed by atoms with Gasteiger partial charge in [-0.3, -0.25) is 9.20 Å². The Morgan fingerprint density at radius 2 is 2.00 bits per heavy atom. The molecular formula is C18H18N4O4. The van der Waals surface area contributed by atoms with Gasteiger partial charge in [-0.25, -0.2) is 4.98 Å². The molecule has 0 saturated heterocycles. The van der Waals surface area contributed by atoms with Crippen molar-refractivity contribution in [1.29, 1.82) is 0 Å². The van der Waals surface area contributed by atoms with Crippen molar-refractivity contribution in [2.75, 3.05) is 0 Å². The highest BCUT2D eigenvalue weighted by atomic mass is 16.5. The minimum absolute atomic E-state index is 0.0262. The maximum Gasteiger partial charge on any atom is 0.309 e. The van der Waals surface area contributed by atoms with E-state index in [1.54, 1.807) is 30.5 Å². The van der Waals surface area contributed by atoms with Crippen molar-refractivity contribution in [3.63, 3.8) is 0 Å². The van der Waals surface area contributed by atoms with Crippen LogP contribution >= 0.6 is 0 Å². The molecule has 0 radical (unpaired) electrons. The van der Waals surface area contributed by atoms with Crippen molar-refractivity contribution in [1.82, 2.24) is 9.38 Å². The Bertz CT molecular complexity index is 978. The molecule has 1 aromatic carbocycles. The third-order valence-electron chi connectivity index (χ3n) is 3.47. The van der Waals surface area contributed by atoms with E-state index in [0.717, 1.165) is 0 Å². The van der Waals surface area contributed by atoms with Gasteiger partial charge in [-0.2, -0.15) is 0 Å². The van der Waals surface area contributed by atoms with Crippen molar-refractivity contribution in [2.24, 2.45) is 10.2 Å². The lowest BCUT2D eigenvalue weighted by Gasteiger charge is -2.10. The number of aromatic hydroxyl groups is 1. The Morgan fingerprint density at radius 1 is 1.23 bits per heavy atom. The molecule has 134 valence electrons. The summed E-state index contributed by atoms with van der Waals surface area (Å²) in [7, 11) is 0. The molecule has 0 aliphatic rings. The zero-order valence-electron chi connectivity index (χ0n) is 14.3. The van der Waals surface area contributed by atoms with Crippen molar-refractivity contribution in [3.05, 3.63) is 48.3 Å². The van der Waals surface area contributed by atoms with Gasteiger partial charge in [0.05, 0.1) is 18.2 Å². The quantitative estimate of drug-likeness (QED) is 0.653. The topological polar surface area (TPSA) is 109 Å². The summed E-state index contributed by atoms with van der Waals surface area (Å²) in [5.41, 5.74) is 0.951. The maximum absolute atomic E-state index is 11.1. The Kier molecular flexibility index (Phi) is 4.83. The molecule has 0 amide bonds. The van der Waals surface area contributed by atoms with Gasteiger partial charge in [0, 0.05) is 6.20 Å². The summed E-state index contributed by atoms with van der Waals surface area (Å²) in [6.45, 7) is 3.82. The largest absolute Gasteiger partial charge is 0.504 e. The molecule has 3 rings (SSSR count). The monoisotopic (exact) mass is 354 g/mol. The summed E-state index contributed by atoms with van der Waals surface area (Å²) in [5, 5.41) is 27.5. The smallest absolute Gasteiger partial charge is 0.309 e. The third-order valence-corrected chi connectivity index (χ3v) is 3.47. The summed E-state index contributed by atoms with van der Waals surface area (Å²) in [6, 6.07) is 10.3. The fourth-order valence-electron chi connectivity index (χ4n) is 2.45. The van der Waals surface area contributed by atoms with E-state index in [2.05, 4.69) is 15.2 Å². The number of rotatable bonds is 6. The molecule has 2 heterocycles. The number of para-hydroxylation sites is 1. The molecule has 0 fully saturated rings. The highest BCUT2D eigenvalue weighted by molar-refractivity contribution is 5.73. The van der Waals surface area contributed by atoms with Gasteiger partial charge in [0.15, 0.2) is 17.2 Å².